The van der Waals surface area contributed by atoms with Crippen LogP contribution in [0.15, 0.2) is 16.5 Å². The summed E-state index contributed by atoms with van der Waals surface area (Å²) >= 11 is 0. The minimum Gasteiger partial charge on any atom is -0.457 e. The van der Waals surface area contributed by atoms with Gasteiger partial charge in [0.1, 0.15) is 5.76 Å². The molecule has 0 aromatic carbocycles. The van der Waals surface area contributed by atoms with E-state index < -0.39 is 0 Å². The van der Waals surface area contributed by atoms with Crippen LogP contribution in [0.3, 0.4) is 0 Å². The molecule has 1 unspecified atom stereocenters. The Balaban J connectivity index is 1.81. The summed E-state index contributed by atoms with van der Waals surface area (Å²) in [4.78, 5) is 15.5. The molecule has 1 aromatic heterocycles. The van der Waals surface area contributed by atoms with Gasteiger partial charge in [0.25, 0.3) is 0 Å². The number of hydrogen-bond acceptors (Lipinski definition) is 4. The normalized spacial score (nSPS) is 19.9. The highest BCUT2D eigenvalue weighted by molar-refractivity contribution is 5.70. The van der Waals surface area contributed by atoms with E-state index in [1.165, 1.54) is 6.42 Å². The van der Waals surface area contributed by atoms with Crippen LogP contribution in [0.2, 0.25) is 0 Å². The largest absolute Gasteiger partial charge is 0.457 e. The van der Waals surface area contributed by atoms with Gasteiger partial charge in [-0.2, -0.15) is 0 Å². The average molecular weight is 250 g/mol. The molecule has 100 valence electrons. The van der Waals surface area contributed by atoms with E-state index in [9.17, 15) is 4.79 Å². The quantitative estimate of drug-likeness (QED) is 0.749. The molecule has 0 saturated carbocycles. The van der Waals surface area contributed by atoms with Crippen molar-refractivity contribution in [1.82, 2.24) is 9.80 Å². The number of rotatable bonds is 5. The first-order valence-electron chi connectivity index (χ1n) is 6.73. The molecule has 0 amide bonds. The predicted octanol–water partition coefficient (Wildman–Crippen LogP) is 2.01. The van der Waals surface area contributed by atoms with Crippen molar-refractivity contribution < 1.29 is 9.21 Å². The molecule has 1 aliphatic rings. The molecule has 1 aromatic rings. The number of piperazine rings is 1. The molecule has 1 atom stereocenters. The maximum atomic E-state index is 10.5. The third-order valence-corrected chi connectivity index (χ3v) is 3.80. The lowest BCUT2D eigenvalue weighted by Crippen LogP contribution is -2.48. The molecule has 4 nitrogen and oxygen atoms in total. The van der Waals surface area contributed by atoms with Crippen LogP contribution in [0.25, 0.3) is 0 Å². The molecule has 0 radical (unpaired) electrons. The Hall–Kier alpha value is -1.13. The Morgan fingerprint density at radius 3 is 2.61 bits per heavy atom. The summed E-state index contributed by atoms with van der Waals surface area (Å²) in [5.41, 5.74) is 0. The second-order valence-corrected chi connectivity index (χ2v) is 4.99. The van der Waals surface area contributed by atoms with Crippen LogP contribution in [0.1, 0.15) is 36.6 Å². The van der Waals surface area contributed by atoms with Gasteiger partial charge in [0, 0.05) is 32.2 Å². The van der Waals surface area contributed by atoms with Gasteiger partial charge in [0.15, 0.2) is 12.0 Å². The van der Waals surface area contributed by atoms with Gasteiger partial charge in [-0.1, -0.05) is 6.92 Å². The fourth-order valence-corrected chi connectivity index (χ4v) is 2.38. The predicted molar refractivity (Wildman–Crippen MR) is 70.7 cm³/mol. The smallest absolute Gasteiger partial charge is 0.185 e. The van der Waals surface area contributed by atoms with E-state index in [1.807, 2.05) is 6.07 Å². The molecule has 1 saturated heterocycles. The molecule has 1 fully saturated rings. The molecule has 4 heteroatoms. The maximum Gasteiger partial charge on any atom is 0.185 e. The molecule has 2 rings (SSSR count). The molecule has 0 aliphatic carbocycles. The first kappa shape index (κ1) is 13.3. The zero-order valence-electron chi connectivity index (χ0n) is 11.3. The van der Waals surface area contributed by atoms with Crippen molar-refractivity contribution in [2.45, 2.75) is 32.9 Å². The Bertz CT molecular complexity index is 381. The second-order valence-electron chi connectivity index (χ2n) is 4.99. The summed E-state index contributed by atoms with van der Waals surface area (Å²) in [6.07, 6.45) is 1.96. The Morgan fingerprint density at radius 2 is 2.06 bits per heavy atom. The second kappa shape index (κ2) is 6.16. The third-order valence-electron chi connectivity index (χ3n) is 3.80. The van der Waals surface area contributed by atoms with Crippen LogP contribution in [0.4, 0.5) is 0 Å². The van der Waals surface area contributed by atoms with Crippen LogP contribution in [-0.4, -0.2) is 48.3 Å². The van der Waals surface area contributed by atoms with Gasteiger partial charge in [0.05, 0.1) is 6.54 Å². The molecule has 0 N–H and O–H groups in total. The zero-order valence-corrected chi connectivity index (χ0v) is 11.3. The van der Waals surface area contributed by atoms with Crippen molar-refractivity contribution in [2.24, 2.45) is 0 Å². The number of carbonyl (C=O) groups is 1. The molecule has 2 heterocycles. The van der Waals surface area contributed by atoms with Gasteiger partial charge in [-0.3, -0.25) is 14.6 Å². The molecule has 0 bridgehead atoms. The van der Waals surface area contributed by atoms with E-state index in [-0.39, 0.29) is 0 Å². The minimum absolute atomic E-state index is 0.420. The van der Waals surface area contributed by atoms with Crippen LogP contribution in [-0.2, 0) is 6.54 Å². The Morgan fingerprint density at radius 1 is 1.33 bits per heavy atom. The van der Waals surface area contributed by atoms with E-state index >= 15 is 0 Å². The first-order valence-corrected chi connectivity index (χ1v) is 6.73. The van der Waals surface area contributed by atoms with Crippen molar-refractivity contribution in [3.63, 3.8) is 0 Å². The lowest BCUT2D eigenvalue weighted by molar-refractivity contribution is 0.0911. The number of carbonyl (C=O) groups excluding carboxylic acids is 1. The standard InChI is InChI=1S/C14H22N2O2/c1-3-12(2)16-8-6-15(7-9-16)10-13-4-5-14(11-17)18-13/h4-5,11-12H,3,6-10H2,1-2H3. The molecule has 1 aliphatic heterocycles. The van der Waals surface area contributed by atoms with Crippen LogP contribution >= 0.6 is 0 Å². The van der Waals surface area contributed by atoms with Crippen molar-refractivity contribution in [1.29, 1.82) is 0 Å². The fraction of sp³-hybridized carbons (Fsp3) is 0.643. The summed E-state index contributed by atoms with van der Waals surface area (Å²) in [6, 6.07) is 4.31. The van der Waals surface area contributed by atoms with Crippen molar-refractivity contribution in [3.05, 3.63) is 23.7 Å². The van der Waals surface area contributed by atoms with Crippen LogP contribution < -0.4 is 0 Å². The van der Waals surface area contributed by atoms with Gasteiger partial charge < -0.3 is 4.42 Å². The van der Waals surface area contributed by atoms with Gasteiger partial charge in [-0.25, -0.2) is 0 Å². The summed E-state index contributed by atoms with van der Waals surface area (Å²) in [5.74, 6) is 1.30. The number of nitrogens with zero attached hydrogens (tertiary/aromatic N) is 2. The summed E-state index contributed by atoms with van der Waals surface area (Å²) in [6.45, 7) is 9.72. The van der Waals surface area contributed by atoms with E-state index in [1.54, 1.807) is 6.07 Å². The maximum absolute atomic E-state index is 10.5. The van der Waals surface area contributed by atoms with E-state index in [0.29, 0.717) is 11.8 Å². The van der Waals surface area contributed by atoms with Crippen molar-refractivity contribution in [3.8, 4) is 0 Å². The third kappa shape index (κ3) is 3.21. The van der Waals surface area contributed by atoms with Crippen molar-refractivity contribution >= 4 is 6.29 Å². The highest BCUT2D eigenvalue weighted by Crippen LogP contribution is 2.13. The summed E-state index contributed by atoms with van der Waals surface area (Å²) in [7, 11) is 0. The van der Waals surface area contributed by atoms with Crippen LogP contribution in [0.5, 0.6) is 0 Å². The van der Waals surface area contributed by atoms with E-state index in [0.717, 1.165) is 44.8 Å². The molecular weight excluding hydrogens is 228 g/mol. The van der Waals surface area contributed by atoms with E-state index in [2.05, 4.69) is 23.6 Å². The average Bonchev–Trinajstić information content (AvgIpc) is 2.86. The molecule has 0 spiro atoms. The number of hydrogen-bond donors (Lipinski definition) is 0. The Labute approximate surface area is 109 Å². The Kier molecular flexibility index (Phi) is 4.55. The van der Waals surface area contributed by atoms with Gasteiger partial charge in [-0.15, -0.1) is 0 Å². The molecular formula is C14H22N2O2. The zero-order chi connectivity index (χ0) is 13.0. The monoisotopic (exact) mass is 250 g/mol. The highest BCUT2D eigenvalue weighted by Gasteiger charge is 2.20. The van der Waals surface area contributed by atoms with Gasteiger partial charge in [-0.05, 0) is 25.5 Å². The molecule has 18 heavy (non-hydrogen) atoms. The summed E-state index contributed by atoms with van der Waals surface area (Å²) in [5, 5.41) is 0. The summed E-state index contributed by atoms with van der Waals surface area (Å²) < 4.78 is 5.41. The number of aldehydes is 1. The lowest BCUT2D eigenvalue weighted by Gasteiger charge is -2.37. The lowest BCUT2D eigenvalue weighted by atomic mass is 10.2. The highest BCUT2D eigenvalue weighted by atomic mass is 16.3. The van der Waals surface area contributed by atoms with E-state index in [4.69, 9.17) is 4.42 Å². The number of furan rings is 1. The first-order chi connectivity index (χ1) is 8.72. The van der Waals surface area contributed by atoms with Crippen molar-refractivity contribution in [2.75, 3.05) is 26.2 Å². The minimum atomic E-state index is 0.420. The van der Waals surface area contributed by atoms with Gasteiger partial charge in [0.2, 0.25) is 0 Å². The SMILES string of the molecule is CCC(C)N1CCN(Cc2ccc(C=O)o2)CC1. The van der Waals surface area contributed by atoms with Crippen LogP contribution in [0, 0.1) is 0 Å². The fourth-order valence-electron chi connectivity index (χ4n) is 2.38. The topological polar surface area (TPSA) is 36.7 Å². The van der Waals surface area contributed by atoms with Gasteiger partial charge >= 0.3 is 0 Å².